The fraction of sp³-hybridized carbons (Fsp3) is 0.263. The Kier molecular flexibility index (Phi) is 6.77. The lowest BCUT2D eigenvalue weighted by Crippen LogP contribution is -2.33. The Morgan fingerprint density at radius 2 is 2.00 bits per heavy atom. The zero-order valence-corrected chi connectivity index (χ0v) is 17.1. The summed E-state index contributed by atoms with van der Waals surface area (Å²) in [5, 5.41) is 3.37. The van der Waals surface area contributed by atoms with E-state index >= 15 is 0 Å². The van der Waals surface area contributed by atoms with Crippen molar-refractivity contribution >= 4 is 45.8 Å². The summed E-state index contributed by atoms with van der Waals surface area (Å²) in [7, 11) is 1.76. The fourth-order valence-corrected chi connectivity index (χ4v) is 4.05. The fourth-order valence-electron chi connectivity index (χ4n) is 2.69. The smallest absolute Gasteiger partial charge is 0.406 e. The monoisotopic (exact) mass is 461 g/mol. The third-order valence-electron chi connectivity index (χ3n) is 4.18. The molecule has 160 valence electrons. The summed E-state index contributed by atoms with van der Waals surface area (Å²) in [4.78, 5) is 18.5. The van der Waals surface area contributed by atoms with E-state index in [0.29, 0.717) is 16.6 Å². The molecule has 1 aliphatic heterocycles. The second-order valence-corrected chi connectivity index (χ2v) is 7.81. The zero-order chi connectivity index (χ0) is 21.9. The van der Waals surface area contributed by atoms with Gasteiger partial charge in [-0.1, -0.05) is 23.4 Å². The predicted molar refractivity (Wildman–Crippen MR) is 109 cm³/mol. The molecule has 0 spiro atoms. The van der Waals surface area contributed by atoms with Crippen molar-refractivity contribution < 1.29 is 27.1 Å². The molecule has 1 N–H and O–H groups in total. The summed E-state index contributed by atoms with van der Waals surface area (Å²) in [6, 6.07) is 8.99. The third kappa shape index (κ3) is 6.02. The van der Waals surface area contributed by atoms with Gasteiger partial charge < -0.3 is 15.0 Å². The maximum atomic E-state index is 13.8. The Bertz CT molecular complexity index is 954. The number of alkyl halides is 3. The number of amides is 1. The topological polar surface area (TPSA) is 53.9 Å². The number of aliphatic imine (C=N–C) groups is 1. The van der Waals surface area contributed by atoms with Crippen molar-refractivity contribution in [1.29, 1.82) is 0 Å². The van der Waals surface area contributed by atoms with Crippen molar-refractivity contribution in [1.82, 2.24) is 4.90 Å². The first kappa shape index (κ1) is 22.2. The van der Waals surface area contributed by atoms with Crippen LogP contribution in [0.2, 0.25) is 5.02 Å². The first-order valence-electron chi connectivity index (χ1n) is 8.66. The minimum Gasteiger partial charge on any atom is -0.406 e. The van der Waals surface area contributed by atoms with Gasteiger partial charge in [-0.15, -0.1) is 13.2 Å². The van der Waals surface area contributed by atoms with Crippen LogP contribution in [0.15, 0.2) is 47.5 Å². The highest BCUT2D eigenvalue weighted by molar-refractivity contribution is 8.14. The van der Waals surface area contributed by atoms with Crippen molar-refractivity contribution in [2.24, 2.45) is 4.99 Å². The summed E-state index contributed by atoms with van der Waals surface area (Å²) >= 11 is 7.11. The van der Waals surface area contributed by atoms with E-state index < -0.39 is 12.2 Å². The number of thioether (sulfide) groups is 1. The number of amidine groups is 1. The molecule has 2 aromatic rings. The lowest BCUT2D eigenvalue weighted by atomic mass is 10.2. The molecule has 3 rings (SSSR count). The van der Waals surface area contributed by atoms with E-state index in [2.05, 4.69) is 15.0 Å². The van der Waals surface area contributed by atoms with Gasteiger partial charge in [0.15, 0.2) is 5.17 Å². The second-order valence-electron chi connectivity index (χ2n) is 6.39. The van der Waals surface area contributed by atoms with E-state index in [-0.39, 0.29) is 34.8 Å². The SMILES string of the molecule is CN1C(=Nc2ccc(OC(F)(F)F)cc2)SCC1CC(=O)Nc1ccc(Cl)cc1F. The van der Waals surface area contributed by atoms with Gasteiger partial charge in [0, 0.05) is 30.3 Å². The molecule has 0 radical (unpaired) electrons. The average Bonchev–Trinajstić information content (AvgIpc) is 2.98. The van der Waals surface area contributed by atoms with Crippen molar-refractivity contribution in [2.75, 3.05) is 18.1 Å². The lowest BCUT2D eigenvalue weighted by Gasteiger charge is -2.20. The number of rotatable bonds is 5. The third-order valence-corrected chi connectivity index (χ3v) is 5.60. The number of benzene rings is 2. The molecule has 30 heavy (non-hydrogen) atoms. The molecule has 0 saturated carbocycles. The minimum atomic E-state index is -4.75. The normalized spacial score (nSPS) is 18.0. The van der Waals surface area contributed by atoms with Gasteiger partial charge in [0.05, 0.1) is 11.4 Å². The van der Waals surface area contributed by atoms with Crippen LogP contribution in [0.4, 0.5) is 28.9 Å². The standard InChI is InChI=1S/C19H16ClF4N3O2S/c1-27-13(9-17(28)26-16-7-2-11(20)8-15(16)21)10-30-18(27)25-12-3-5-14(6-4-12)29-19(22,23)24/h2-8,13H,9-10H2,1H3,(H,26,28). The summed E-state index contributed by atoms with van der Waals surface area (Å²) in [6.07, 6.45) is -4.64. The lowest BCUT2D eigenvalue weighted by molar-refractivity contribution is -0.274. The maximum Gasteiger partial charge on any atom is 0.573 e. The van der Waals surface area contributed by atoms with Crippen molar-refractivity contribution in [3.8, 4) is 5.75 Å². The molecule has 0 aromatic heterocycles. The molecule has 5 nitrogen and oxygen atoms in total. The Hall–Kier alpha value is -2.46. The van der Waals surface area contributed by atoms with Crippen LogP contribution < -0.4 is 10.1 Å². The molecule has 1 aliphatic rings. The van der Waals surface area contributed by atoms with E-state index in [9.17, 15) is 22.4 Å². The highest BCUT2D eigenvalue weighted by atomic mass is 35.5. The number of nitrogens with one attached hydrogen (secondary N) is 1. The van der Waals surface area contributed by atoms with E-state index in [1.165, 1.54) is 48.2 Å². The van der Waals surface area contributed by atoms with Crippen LogP contribution in [0.5, 0.6) is 5.75 Å². The predicted octanol–water partition coefficient (Wildman–Crippen LogP) is 5.44. The van der Waals surface area contributed by atoms with Gasteiger partial charge in [-0.25, -0.2) is 9.38 Å². The molecule has 1 amide bonds. The molecule has 1 heterocycles. The number of hydrogen-bond acceptors (Lipinski definition) is 4. The molecular weight excluding hydrogens is 446 g/mol. The van der Waals surface area contributed by atoms with Gasteiger partial charge in [-0.3, -0.25) is 4.79 Å². The van der Waals surface area contributed by atoms with Gasteiger partial charge in [0.2, 0.25) is 5.91 Å². The average molecular weight is 462 g/mol. The largest absolute Gasteiger partial charge is 0.573 e. The zero-order valence-electron chi connectivity index (χ0n) is 15.5. The molecule has 1 unspecified atom stereocenters. The van der Waals surface area contributed by atoms with Gasteiger partial charge in [0.25, 0.3) is 0 Å². The quantitative estimate of drug-likeness (QED) is 0.602. The summed E-state index contributed by atoms with van der Waals surface area (Å²) in [6.45, 7) is 0. The molecule has 11 heteroatoms. The Morgan fingerprint density at radius 3 is 2.63 bits per heavy atom. The van der Waals surface area contributed by atoms with Gasteiger partial charge in [-0.2, -0.15) is 0 Å². The van der Waals surface area contributed by atoms with E-state index in [0.717, 1.165) is 6.07 Å². The number of ether oxygens (including phenoxy) is 1. The van der Waals surface area contributed by atoms with Crippen LogP contribution in [0.1, 0.15) is 6.42 Å². The second kappa shape index (κ2) is 9.13. The summed E-state index contributed by atoms with van der Waals surface area (Å²) in [5.41, 5.74) is 0.500. The minimum absolute atomic E-state index is 0.0489. The van der Waals surface area contributed by atoms with E-state index in [1.54, 1.807) is 7.05 Å². The van der Waals surface area contributed by atoms with E-state index in [1.807, 2.05) is 4.90 Å². The first-order valence-corrected chi connectivity index (χ1v) is 10.0. The molecule has 0 aliphatic carbocycles. The number of nitrogens with zero attached hydrogens (tertiary/aromatic N) is 2. The molecule has 1 saturated heterocycles. The molecular formula is C19H16ClF4N3O2S. The molecule has 1 atom stereocenters. The van der Waals surface area contributed by atoms with E-state index in [4.69, 9.17) is 11.6 Å². The maximum absolute atomic E-state index is 13.8. The first-order chi connectivity index (χ1) is 14.1. The van der Waals surface area contributed by atoms with Gasteiger partial charge in [0.1, 0.15) is 11.6 Å². The van der Waals surface area contributed by atoms with Crippen LogP contribution in [-0.2, 0) is 4.79 Å². The summed E-state index contributed by atoms with van der Waals surface area (Å²) in [5.74, 6) is -0.724. The number of carbonyl (C=O) groups is 1. The summed E-state index contributed by atoms with van der Waals surface area (Å²) < 4.78 is 54.3. The molecule has 2 aromatic carbocycles. The van der Waals surface area contributed by atoms with Crippen LogP contribution in [0.3, 0.4) is 0 Å². The molecule has 0 bridgehead atoms. The highest BCUT2D eigenvalue weighted by Gasteiger charge is 2.31. The Balaban J connectivity index is 1.59. The Labute approximate surface area is 179 Å². The van der Waals surface area contributed by atoms with Crippen molar-refractivity contribution in [2.45, 2.75) is 18.8 Å². The van der Waals surface area contributed by atoms with Crippen LogP contribution >= 0.6 is 23.4 Å². The number of hydrogen-bond donors (Lipinski definition) is 1. The Morgan fingerprint density at radius 1 is 1.30 bits per heavy atom. The van der Waals surface area contributed by atoms with Crippen LogP contribution in [0, 0.1) is 5.82 Å². The number of carbonyl (C=O) groups excluding carboxylic acids is 1. The molecule has 1 fully saturated rings. The van der Waals surface area contributed by atoms with Crippen LogP contribution in [0.25, 0.3) is 0 Å². The number of halogens is 5. The number of anilines is 1. The highest BCUT2D eigenvalue weighted by Crippen LogP contribution is 2.30. The van der Waals surface area contributed by atoms with Gasteiger partial charge in [-0.05, 0) is 42.5 Å². The van der Waals surface area contributed by atoms with Crippen molar-refractivity contribution in [3.05, 3.63) is 53.3 Å². The van der Waals surface area contributed by atoms with Crippen LogP contribution in [-0.4, -0.2) is 41.2 Å². The van der Waals surface area contributed by atoms with Gasteiger partial charge >= 0.3 is 6.36 Å². The van der Waals surface area contributed by atoms with Crippen molar-refractivity contribution in [3.63, 3.8) is 0 Å².